The number of hydrogen-bond acceptors (Lipinski definition) is 3. The van der Waals surface area contributed by atoms with Crippen molar-refractivity contribution in [1.82, 2.24) is 10.0 Å². The molecule has 0 bridgehead atoms. The smallest absolute Gasteiger partial charge is 0.251 e. The van der Waals surface area contributed by atoms with Crippen LogP contribution in [0, 0.1) is 0 Å². The molecule has 0 aromatic heterocycles. The zero-order chi connectivity index (χ0) is 20.2. The van der Waals surface area contributed by atoms with E-state index in [1.807, 2.05) is 38.1 Å². The molecule has 0 fully saturated rings. The van der Waals surface area contributed by atoms with E-state index >= 15 is 0 Å². The van der Waals surface area contributed by atoms with Gasteiger partial charge in [-0.25, -0.2) is 13.1 Å². The van der Waals surface area contributed by atoms with E-state index in [-0.39, 0.29) is 16.8 Å². The van der Waals surface area contributed by atoms with Gasteiger partial charge in [0.05, 0.1) is 4.90 Å². The molecular formula is C20H25ClN2O3S. The first-order valence-electron chi connectivity index (χ1n) is 8.68. The Morgan fingerprint density at radius 1 is 1.07 bits per heavy atom. The van der Waals surface area contributed by atoms with Gasteiger partial charge in [-0.2, -0.15) is 0 Å². The Kier molecular flexibility index (Phi) is 6.68. The van der Waals surface area contributed by atoms with Gasteiger partial charge in [0.15, 0.2) is 0 Å². The minimum absolute atomic E-state index is 0.128. The Balaban J connectivity index is 2.10. The Bertz CT molecular complexity index is 907. The third-order valence-electron chi connectivity index (χ3n) is 3.86. The summed E-state index contributed by atoms with van der Waals surface area (Å²) in [6.45, 7) is 7.33. The minimum atomic E-state index is -3.58. The highest BCUT2D eigenvalue weighted by atomic mass is 35.5. The summed E-state index contributed by atoms with van der Waals surface area (Å²) in [5.41, 5.74) is 0.822. The molecule has 0 aliphatic carbocycles. The molecule has 0 unspecified atom stereocenters. The largest absolute Gasteiger partial charge is 0.347 e. The summed E-state index contributed by atoms with van der Waals surface area (Å²) in [6, 6.07) is 13.2. The zero-order valence-electron chi connectivity index (χ0n) is 15.9. The molecule has 0 heterocycles. The second kappa shape index (κ2) is 8.42. The molecule has 0 radical (unpaired) electrons. The van der Waals surface area contributed by atoms with Crippen molar-refractivity contribution in [1.29, 1.82) is 0 Å². The lowest BCUT2D eigenvalue weighted by Crippen LogP contribution is -2.45. The number of hydrogen-bond donors (Lipinski definition) is 2. The van der Waals surface area contributed by atoms with Gasteiger partial charge in [0.25, 0.3) is 5.91 Å². The van der Waals surface area contributed by atoms with E-state index in [9.17, 15) is 13.2 Å². The van der Waals surface area contributed by atoms with Gasteiger partial charge in [0, 0.05) is 22.2 Å². The van der Waals surface area contributed by atoms with Crippen molar-refractivity contribution in [2.24, 2.45) is 0 Å². The summed E-state index contributed by atoms with van der Waals surface area (Å²) in [7, 11) is -3.58. The molecule has 0 atom stereocenters. The fourth-order valence-electron chi connectivity index (χ4n) is 2.71. The number of rotatable bonds is 7. The summed E-state index contributed by atoms with van der Waals surface area (Å²) in [6.07, 6.45) is 0.573. The highest BCUT2D eigenvalue weighted by Crippen LogP contribution is 2.21. The lowest BCUT2D eigenvalue weighted by Gasteiger charge is -2.27. The van der Waals surface area contributed by atoms with Gasteiger partial charge in [-0.1, -0.05) is 29.8 Å². The summed E-state index contributed by atoms with van der Waals surface area (Å²) in [4.78, 5) is 12.7. The molecule has 7 heteroatoms. The van der Waals surface area contributed by atoms with Gasteiger partial charge in [-0.3, -0.25) is 4.79 Å². The molecule has 0 saturated heterocycles. The van der Waals surface area contributed by atoms with E-state index in [2.05, 4.69) is 10.0 Å². The maximum Gasteiger partial charge on any atom is 0.251 e. The Hall–Kier alpha value is -1.89. The molecule has 0 saturated carbocycles. The molecule has 5 nitrogen and oxygen atoms in total. The predicted octanol–water partition coefficient (Wildman–Crippen LogP) is 3.78. The third-order valence-corrected chi connectivity index (χ3v) is 5.90. The van der Waals surface area contributed by atoms with E-state index in [1.165, 1.54) is 24.3 Å². The molecule has 0 aliphatic heterocycles. The molecule has 2 N–H and O–H groups in total. The predicted molar refractivity (Wildman–Crippen MR) is 109 cm³/mol. The highest BCUT2D eigenvalue weighted by Gasteiger charge is 2.23. The van der Waals surface area contributed by atoms with E-state index in [4.69, 9.17) is 11.6 Å². The van der Waals surface area contributed by atoms with Crippen LogP contribution >= 0.6 is 11.6 Å². The molecule has 0 aliphatic rings. The van der Waals surface area contributed by atoms with Crippen LogP contribution < -0.4 is 10.0 Å². The highest BCUT2D eigenvalue weighted by molar-refractivity contribution is 7.89. The van der Waals surface area contributed by atoms with Crippen molar-refractivity contribution in [2.75, 3.05) is 0 Å². The Labute approximate surface area is 166 Å². The van der Waals surface area contributed by atoms with Crippen molar-refractivity contribution in [3.05, 3.63) is 64.7 Å². The van der Waals surface area contributed by atoms with E-state index in [0.717, 1.165) is 5.56 Å². The number of amides is 1. The number of benzene rings is 2. The number of carbonyl (C=O) groups is 1. The van der Waals surface area contributed by atoms with Gasteiger partial charge in [-0.15, -0.1) is 0 Å². The molecule has 2 aromatic carbocycles. The first kappa shape index (κ1) is 21.4. The van der Waals surface area contributed by atoms with E-state index in [0.29, 0.717) is 17.0 Å². The van der Waals surface area contributed by atoms with Crippen molar-refractivity contribution < 1.29 is 13.2 Å². The fourth-order valence-corrected chi connectivity index (χ4v) is 4.16. The van der Waals surface area contributed by atoms with Crippen LogP contribution in [-0.4, -0.2) is 25.9 Å². The third kappa shape index (κ3) is 6.06. The normalized spacial score (nSPS) is 12.2. The van der Waals surface area contributed by atoms with Crippen LogP contribution in [0.25, 0.3) is 0 Å². The van der Waals surface area contributed by atoms with Crippen LogP contribution in [0.1, 0.15) is 43.6 Å². The summed E-state index contributed by atoms with van der Waals surface area (Å²) in [5, 5.41) is 3.64. The van der Waals surface area contributed by atoms with Crippen LogP contribution in [0.3, 0.4) is 0 Å². The fraction of sp³-hybridized carbons (Fsp3) is 0.350. The number of sulfonamides is 1. The Morgan fingerprint density at radius 3 is 2.22 bits per heavy atom. The molecule has 1 amide bonds. The first-order chi connectivity index (χ1) is 12.5. The summed E-state index contributed by atoms with van der Waals surface area (Å²) < 4.78 is 26.8. The molecule has 146 valence electrons. The van der Waals surface area contributed by atoms with Crippen molar-refractivity contribution in [3.8, 4) is 0 Å². The van der Waals surface area contributed by atoms with Gasteiger partial charge >= 0.3 is 0 Å². The van der Waals surface area contributed by atoms with Crippen LogP contribution in [0.5, 0.6) is 0 Å². The van der Waals surface area contributed by atoms with Gasteiger partial charge in [0.1, 0.15) is 0 Å². The summed E-state index contributed by atoms with van der Waals surface area (Å²) in [5.74, 6) is -0.271. The Morgan fingerprint density at radius 2 is 1.67 bits per heavy atom. The number of carbonyl (C=O) groups excluding carboxylic acids is 1. The van der Waals surface area contributed by atoms with E-state index < -0.39 is 15.6 Å². The first-order valence-corrected chi connectivity index (χ1v) is 10.5. The SMILES string of the molecule is CC(C)NS(=O)(=O)c1ccc(C(=O)NC(C)(C)Cc2ccccc2Cl)cc1. The van der Waals surface area contributed by atoms with Gasteiger partial charge in [0.2, 0.25) is 10.0 Å². The second-order valence-electron chi connectivity index (χ2n) is 7.41. The lowest BCUT2D eigenvalue weighted by molar-refractivity contribution is 0.0913. The van der Waals surface area contributed by atoms with Crippen molar-refractivity contribution in [2.45, 2.75) is 50.6 Å². The lowest BCUT2D eigenvalue weighted by atomic mass is 9.94. The topological polar surface area (TPSA) is 75.3 Å². The van der Waals surface area contributed by atoms with Crippen LogP contribution in [0.15, 0.2) is 53.4 Å². The van der Waals surface area contributed by atoms with Crippen LogP contribution in [0.2, 0.25) is 5.02 Å². The maximum absolute atomic E-state index is 12.6. The average Bonchev–Trinajstić information content (AvgIpc) is 2.55. The maximum atomic E-state index is 12.6. The van der Waals surface area contributed by atoms with Crippen molar-refractivity contribution >= 4 is 27.5 Å². The monoisotopic (exact) mass is 408 g/mol. The molecule has 0 spiro atoms. The quantitative estimate of drug-likeness (QED) is 0.732. The average molecular weight is 409 g/mol. The minimum Gasteiger partial charge on any atom is -0.347 e. The van der Waals surface area contributed by atoms with Crippen LogP contribution in [-0.2, 0) is 16.4 Å². The van der Waals surface area contributed by atoms with Gasteiger partial charge < -0.3 is 5.32 Å². The van der Waals surface area contributed by atoms with E-state index in [1.54, 1.807) is 13.8 Å². The van der Waals surface area contributed by atoms with Crippen LogP contribution in [0.4, 0.5) is 0 Å². The van der Waals surface area contributed by atoms with Gasteiger partial charge in [-0.05, 0) is 70.0 Å². The second-order valence-corrected chi connectivity index (χ2v) is 9.53. The zero-order valence-corrected chi connectivity index (χ0v) is 17.5. The molecule has 2 aromatic rings. The van der Waals surface area contributed by atoms with Crippen molar-refractivity contribution in [3.63, 3.8) is 0 Å². The standard InChI is InChI=1S/C20H25ClN2O3S/c1-14(2)23-27(25,26)17-11-9-15(10-12-17)19(24)22-20(3,4)13-16-7-5-6-8-18(16)21/h5-12,14,23H,13H2,1-4H3,(H,22,24). The molecule has 27 heavy (non-hydrogen) atoms. The number of halogens is 1. The molecule has 2 rings (SSSR count). The number of nitrogens with one attached hydrogen (secondary N) is 2. The summed E-state index contributed by atoms with van der Waals surface area (Å²) >= 11 is 6.20. The molecular weight excluding hydrogens is 384 g/mol.